The Labute approximate surface area is 176 Å². The molecule has 30 heavy (non-hydrogen) atoms. The summed E-state index contributed by atoms with van der Waals surface area (Å²) >= 11 is 0. The molecule has 3 N–H and O–H groups in total. The minimum Gasteiger partial charge on any atom is -0.394 e. The van der Waals surface area contributed by atoms with E-state index in [-0.39, 0.29) is 30.4 Å². The molecule has 6 atom stereocenters. The van der Waals surface area contributed by atoms with Gasteiger partial charge in [-0.2, -0.15) is 0 Å². The summed E-state index contributed by atoms with van der Waals surface area (Å²) < 4.78 is 6.28. The van der Waals surface area contributed by atoms with Crippen LogP contribution >= 0.6 is 0 Å². The van der Waals surface area contributed by atoms with Gasteiger partial charge in [0.2, 0.25) is 17.7 Å². The van der Waals surface area contributed by atoms with Crippen LogP contribution in [0.1, 0.15) is 30.9 Å². The SMILES string of the molecule is CNC(=O)[C@@H]1[C@@H]2CCC3(O2)C(C(=O)Nc2c(C)cccc2C)N([C@H](C)CO)C(=O)[C@H]13. The number of aliphatic hydroxyl groups excluding tert-OH is 1. The second-order valence-corrected chi connectivity index (χ2v) is 8.70. The second kappa shape index (κ2) is 7.35. The maximum absolute atomic E-state index is 13.6. The Hall–Kier alpha value is -2.45. The Morgan fingerprint density at radius 3 is 2.57 bits per heavy atom. The van der Waals surface area contributed by atoms with Crippen LogP contribution in [0.4, 0.5) is 5.69 Å². The molecule has 0 radical (unpaired) electrons. The number of fused-ring (bicyclic) bond motifs is 1. The molecule has 8 heteroatoms. The summed E-state index contributed by atoms with van der Waals surface area (Å²) in [5.74, 6) is -2.23. The molecule has 162 valence electrons. The molecule has 3 aliphatic heterocycles. The predicted octanol–water partition coefficient (Wildman–Crippen LogP) is 0.743. The van der Waals surface area contributed by atoms with Crippen molar-refractivity contribution < 1.29 is 24.2 Å². The Morgan fingerprint density at radius 1 is 1.30 bits per heavy atom. The number of carbonyl (C=O) groups is 3. The van der Waals surface area contributed by atoms with Gasteiger partial charge in [-0.1, -0.05) is 18.2 Å². The maximum atomic E-state index is 13.6. The van der Waals surface area contributed by atoms with Crippen LogP contribution in [0.5, 0.6) is 0 Å². The van der Waals surface area contributed by atoms with Crippen molar-refractivity contribution in [2.75, 3.05) is 19.0 Å². The normalized spacial score (nSPS) is 32.8. The molecule has 8 nitrogen and oxygen atoms in total. The van der Waals surface area contributed by atoms with Gasteiger partial charge in [0, 0.05) is 12.7 Å². The number of hydrogen-bond donors (Lipinski definition) is 3. The maximum Gasteiger partial charge on any atom is 0.250 e. The van der Waals surface area contributed by atoms with Gasteiger partial charge in [-0.15, -0.1) is 0 Å². The van der Waals surface area contributed by atoms with E-state index in [2.05, 4.69) is 10.6 Å². The topological polar surface area (TPSA) is 108 Å². The van der Waals surface area contributed by atoms with Gasteiger partial charge < -0.3 is 25.4 Å². The van der Waals surface area contributed by atoms with Gasteiger partial charge in [-0.05, 0) is 44.7 Å². The molecule has 4 rings (SSSR count). The molecule has 1 spiro atoms. The first-order chi connectivity index (χ1) is 14.3. The van der Waals surface area contributed by atoms with Gasteiger partial charge in [0.25, 0.3) is 0 Å². The zero-order valence-electron chi connectivity index (χ0n) is 17.8. The lowest BCUT2D eigenvalue weighted by Gasteiger charge is -2.35. The van der Waals surface area contributed by atoms with Crippen LogP contribution in [0.15, 0.2) is 18.2 Å². The molecule has 0 aliphatic carbocycles. The summed E-state index contributed by atoms with van der Waals surface area (Å²) in [5.41, 5.74) is 1.50. The molecule has 2 bridgehead atoms. The van der Waals surface area contributed by atoms with Gasteiger partial charge in [-0.3, -0.25) is 14.4 Å². The third kappa shape index (κ3) is 2.77. The number of nitrogens with zero attached hydrogens (tertiary/aromatic N) is 1. The van der Waals surface area contributed by atoms with Crippen LogP contribution < -0.4 is 10.6 Å². The van der Waals surface area contributed by atoms with Crippen molar-refractivity contribution in [2.45, 2.75) is 57.4 Å². The third-order valence-electron chi connectivity index (χ3n) is 7.00. The number of carbonyl (C=O) groups excluding carboxylic acids is 3. The summed E-state index contributed by atoms with van der Waals surface area (Å²) in [5, 5.41) is 15.4. The Kier molecular flexibility index (Phi) is 5.10. The van der Waals surface area contributed by atoms with E-state index >= 15 is 0 Å². The second-order valence-electron chi connectivity index (χ2n) is 8.70. The van der Waals surface area contributed by atoms with Gasteiger partial charge in [0.05, 0.1) is 30.6 Å². The smallest absolute Gasteiger partial charge is 0.250 e. The van der Waals surface area contributed by atoms with Gasteiger partial charge in [0.1, 0.15) is 11.6 Å². The quantitative estimate of drug-likeness (QED) is 0.658. The largest absolute Gasteiger partial charge is 0.394 e. The molecular weight excluding hydrogens is 386 g/mol. The number of rotatable bonds is 5. The lowest BCUT2D eigenvalue weighted by atomic mass is 9.70. The molecule has 0 saturated carbocycles. The fourth-order valence-corrected chi connectivity index (χ4v) is 5.62. The Morgan fingerprint density at radius 2 is 1.97 bits per heavy atom. The van der Waals surface area contributed by atoms with Crippen LogP contribution in [0.2, 0.25) is 0 Å². The van der Waals surface area contributed by atoms with Crippen molar-refractivity contribution >= 4 is 23.4 Å². The lowest BCUT2D eigenvalue weighted by molar-refractivity contribution is -0.143. The number of benzene rings is 1. The average molecular weight is 415 g/mol. The zero-order valence-corrected chi connectivity index (χ0v) is 17.8. The van der Waals surface area contributed by atoms with Gasteiger partial charge in [0.15, 0.2) is 0 Å². The number of aryl methyl sites for hydroxylation is 2. The Bertz CT molecular complexity index is 883. The number of para-hydroxylation sites is 1. The van der Waals surface area contributed by atoms with E-state index in [0.29, 0.717) is 18.5 Å². The van der Waals surface area contributed by atoms with Crippen molar-refractivity contribution in [3.63, 3.8) is 0 Å². The van der Waals surface area contributed by atoms with E-state index in [1.807, 2.05) is 32.0 Å². The lowest BCUT2D eigenvalue weighted by Crippen LogP contribution is -2.55. The van der Waals surface area contributed by atoms with Crippen molar-refractivity contribution in [1.29, 1.82) is 0 Å². The molecule has 3 amide bonds. The molecule has 1 aromatic rings. The number of amides is 3. The van der Waals surface area contributed by atoms with E-state index in [4.69, 9.17) is 4.74 Å². The first-order valence-corrected chi connectivity index (χ1v) is 10.5. The van der Waals surface area contributed by atoms with Gasteiger partial charge >= 0.3 is 0 Å². The highest BCUT2D eigenvalue weighted by Crippen LogP contribution is 2.58. The summed E-state index contributed by atoms with van der Waals surface area (Å²) in [6.45, 7) is 5.25. The van der Waals surface area contributed by atoms with Crippen molar-refractivity contribution in [2.24, 2.45) is 11.8 Å². The monoisotopic (exact) mass is 415 g/mol. The highest BCUT2D eigenvalue weighted by Gasteiger charge is 2.74. The first-order valence-electron chi connectivity index (χ1n) is 10.5. The summed E-state index contributed by atoms with van der Waals surface area (Å²) in [4.78, 5) is 41.1. The van der Waals surface area contributed by atoms with Crippen molar-refractivity contribution in [3.8, 4) is 0 Å². The Balaban J connectivity index is 1.76. The van der Waals surface area contributed by atoms with Crippen molar-refractivity contribution in [1.82, 2.24) is 10.2 Å². The number of aliphatic hydroxyl groups is 1. The fraction of sp³-hybridized carbons (Fsp3) is 0.591. The molecule has 3 fully saturated rings. The number of anilines is 1. The molecule has 2 unspecified atom stereocenters. The molecule has 1 aromatic carbocycles. The minimum absolute atomic E-state index is 0.243. The van der Waals surface area contributed by atoms with Crippen LogP contribution in [0.25, 0.3) is 0 Å². The van der Waals surface area contributed by atoms with Crippen LogP contribution in [-0.2, 0) is 19.1 Å². The summed E-state index contributed by atoms with van der Waals surface area (Å²) in [6, 6.07) is 4.27. The van der Waals surface area contributed by atoms with Crippen molar-refractivity contribution in [3.05, 3.63) is 29.3 Å². The average Bonchev–Trinajstić information content (AvgIpc) is 3.37. The highest BCUT2D eigenvalue weighted by molar-refractivity contribution is 6.04. The number of nitrogens with one attached hydrogen (secondary N) is 2. The highest BCUT2D eigenvalue weighted by atomic mass is 16.5. The van der Waals surface area contributed by atoms with E-state index in [9.17, 15) is 19.5 Å². The number of likely N-dealkylation sites (tertiary alicyclic amines) is 1. The summed E-state index contributed by atoms with van der Waals surface area (Å²) in [6.07, 6.45) is 0.776. The van der Waals surface area contributed by atoms with Gasteiger partial charge in [-0.25, -0.2) is 0 Å². The summed E-state index contributed by atoms with van der Waals surface area (Å²) in [7, 11) is 1.54. The van der Waals surface area contributed by atoms with Crippen LogP contribution in [0.3, 0.4) is 0 Å². The molecule has 3 aliphatic rings. The van der Waals surface area contributed by atoms with E-state index in [0.717, 1.165) is 11.1 Å². The van der Waals surface area contributed by atoms with E-state index < -0.39 is 29.5 Å². The molecule has 3 heterocycles. The standard InChI is InChI=1S/C22H29N3O5/c1-11-6-5-7-12(2)17(11)24-20(28)18-22-9-8-14(30-22)15(19(27)23-4)16(22)21(29)25(18)13(3)10-26/h5-7,13-16,18,26H,8-10H2,1-4H3,(H,23,27)(H,24,28)/t13-,14+,15-,16+,18?,22?/m1/s1. The first kappa shape index (κ1) is 20.8. The zero-order chi connectivity index (χ0) is 21.8. The third-order valence-corrected chi connectivity index (χ3v) is 7.00. The van der Waals surface area contributed by atoms with Crippen LogP contribution in [0, 0.1) is 25.7 Å². The minimum atomic E-state index is -1.05. The fourth-order valence-electron chi connectivity index (χ4n) is 5.62. The van der Waals surface area contributed by atoms with E-state index in [1.165, 1.54) is 4.90 Å². The predicted molar refractivity (Wildman–Crippen MR) is 110 cm³/mol. The number of ether oxygens (including phenoxy) is 1. The molecule has 3 saturated heterocycles. The molecular formula is C22H29N3O5. The van der Waals surface area contributed by atoms with E-state index in [1.54, 1.807) is 14.0 Å². The number of hydrogen-bond acceptors (Lipinski definition) is 5. The van der Waals surface area contributed by atoms with Crippen LogP contribution in [-0.4, -0.2) is 65.2 Å². The molecule has 0 aromatic heterocycles.